The first-order valence-corrected chi connectivity index (χ1v) is 10.7. The zero-order valence-corrected chi connectivity index (χ0v) is 17.9. The molecule has 2 heterocycles. The summed E-state index contributed by atoms with van der Waals surface area (Å²) in [5.74, 6) is -1.09. The molecule has 3 unspecified atom stereocenters. The number of hydrogen-bond donors (Lipinski definition) is 1. The molecule has 28 heavy (non-hydrogen) atoms. The standard InChI is InChI=1S/C18H17Cl3N2O4S/c1-16-8-17(16,15(26)27-9-18(19,20)21)23-13(25)12(14(23)28-16)22-11(24)7-10-5-3-2-4-6-10/h2-6,12,14H,7-9H2,1H3,(H,22,24)/t12?,14-,16?,17?/m1/s1. The van der Waals surface area contributed by atoms with Gasteiger partial charge in [0.2, 0.25) is 15.6 Å². The number of carbonyl (C=O) groups excluding carboxylic acids is 3. The number of β-lactam (4-membered cyclic amide) rings is 1. The molecule has 2 aliphatic heterocycles. The van der Waals surface area contributed by atoms with Crippen molar-refractivity contribution >= 4 is 64.3 Å². The first-order chi connectivity index (χ1) is 13.1. The molecular weight excluding hydrogens is 447 g/mol. The number of halogens is 3. The second-order valence-corrected chi connectivity index (χ2v) is 11.5. The van der Waals surface area contributed by atoms with Crippen LogP contribution in [0.5, 0.6) is 0 Å². The number of alkyl halides is 3. The Morgan fingerprint density at radius 1 is 1.32 bits per heavy atom. The molecule has 1 aromatic rings. The lowest BCUT2D eigenvalue weighted by Gasteiger charge is -2.46. The quantitative estimate of drug-likeness (QED) is 0.412. The Hall–Kier alpha value is -1.15. The molecule has 3 aliphatic rings. The predicted octanol–water partition coefficient (Wildman–Crippen LogP) is 2.44. The van der Waals surface area contributed by atoms with Crippen LogP contribution < -0.4 is 5.32 Å². The molecule has 0 aromatic heterocycles. The van der Waals surface area contributed by atoms with Crippen LogP contribution in [0.15, 0.2) is 30.3 Å². The smallest absolute Gasteiger partial charge is 0.333 e. The van der Waals surface area contributed by atoms with E-state index < -0.39 is 26.1 Å². The summed E-state index contributed by atoms with van der Waals surface area (Å²) in [5, 5.41) is 2.49. The molecule has 2 saturated heterocycles. The molecular formula is C18H17Cl3N2O4S. The van der Waals surface area contributed by atoms with Crippen molar-refractivity contribution in [2.45, 2.75) is 45.3 Å². The van der Waals surface area contributed by atoms with Crippen LogP contribution in [0.1, 0.15) is 18.9 Å². The summed E-state index contributed by atoms with van der Waals surface area (Å²) in [6.07, 6.45) is 0.673. The van der Waals surface area contributed by atoms with Gasteiger partial charge >= 0.3 is 5.97 Å². The van der Waals surface area contributed by atoms with Crippen LogP contribution in [0.2, 0.25) is 0 Å². The fourth-order valence-corrected chi connectivity index (χ4v) is 6.05. The van der Waals surface area contributed by atoms with Crippen molar-refractivity contribution in [3.8, 4) is 0 Å². The summed E-state index contributed by atoms with van der Waals surface area (Å²) in [6, 6.07) is 8.64. The maximum absolute atomic E-state index is 12.7. The van der Waals surface area contributed by atoms with Crippen molar-refractivity contribution in [3.63, 3.8) is 0 Å². The van der Waals surface area contributed by atoms with Gasteiger partial charge in [-0.05, 0) is 12.5 Å². The maximum Gasteiger partial charge on any atom is 0.333 e. The zero-order chi connectivity index (χ0) is 20.3. The molecule has 2 amide bonds. The number of amides is 2. The van der Waals surface area contributed by atoms with E-state index in [1.807, 2.05) is 37.3 Å². The lowest BCUT2D eigenvalue weighted by Crippen LogP contribution is -2.72. The average molecular weight is 464 g/mol. The van der Waals surface area contributed by atoms with Crippen molar-refractivity contribution in [1.29, 1.82) is 0 Å². The van der Waals surface area contributed by atoms with Gasteiger partial charge in [0.25, 0.3) is 0 Å². The normalized spacial score (nSPS) is 32.9. The Labute approximate surface area is 181 Å². The van der Waals surface area contributed by atoms with Gasteiger partial charge in [-0.15, -0.1) is 11.8 Å². The molecule has 10 heteroatoms. The molecule has 4 rings (SSSR count). The third-order valence-corrected chi connectivity index (χ3v) is 7.46. The van der Waals surface area contributed by atoms with Crippen LogP contribution in [-0.4, -0.2) is 54.8 Å². The van der Waals surface area contributed by atoms with Crippen molar-refractivity contribution < 1.29 is 19.1 Å². The van der Waals surface area contributed by atoms with Crippen LogP contribution in [0, 0.1) is 0 Å². The second-order valence-electron chi connectivity index (χ2n) is 7.38. The maximum atomic E-state index is 12.7. The Morgan fingerprint density at radius 2 is 2.00 bits per heavy atom. The molecule has 0 radical (unpaired) electrons. The van der Waals surface area contributed by atoms with Crippen molar-refractivity contribution in [1.82, 2.24) is 10.2 Å². The number of rotatable bonds is 5. The van der Waals surface area contributed by atoms with Crippen LogP contribution in [0.4, 0.5) is 0 Å². The van der Waals surface area contributed by atoms with Gasteiger partial charge in [-0.3, -0.25) is 9.59 Å². The van der Waals surface area contributed by atoms with E-state index in [9.17, 15) is 14.4 Å². The van der Waals surface area contributed by atoms with Gasteiger partial charge in [0, 0.05) is 6.42 Å². The minimum atomic E-state index is -1.71. The highest BCUT2D eigenvalue weighted by atomic mass is 35.6. The van der Waals surface area contributed by atoms with Crippen LogP contribution in [-0.2, 0) is 25.5 Å². The minimum Gasteiger partial charge on any atom is -0.459 e. The molecule has 1 saturated carbocycles. The van der Waals surface area contributed by atoms with E-state index in [4.69, 9.17) is 39.5 Å². The fourth-order valence-electron chi connectivity index (χ4n) is 3.97. The highest BCUT2D eigenvalue weighted by Gasteiger charge is 2.85. The fraction of sp³-hybridized carbons (Fsp3) is 0.500. The number of fused-ring (bicyclic) bond motifs is 3. The van der Waals surface area contributed by atoms with Crippen LogP contribution in [0.3, 0.4) is 0 Å². The molecule has 0 bridgehead atoms. The van der Waals surface area contributed by atoms with E-state index in [2.05, 4.69) is 5.32 Å². The van der Waals surface area contributed by atoms with Crippen molar-refractivity contribution in [2.75, 3.05) is 6.61 Å². The number of carbonyl (C=O) groups is 3. The largest absolute Gasteiger partial charge is 0.459 e. The number of ether oxygens (including phenoxy) is 1. The van der Waals surface area contributed by atoms with Crippen LogP contribution in [0.25, 0.3) is 0 Å². The number of nitrogens with zero attached hydrogens (tertiary/aromatic N) is 1. The lowest BCUT2D eigenvalue weighted by molar-refractivity contribution is -0.166. The number of esters is 1. The van der Waals surface area contributed by atoms with E-state index in [1.165, 1.54) is 16.7 Å². The summed E-state index contributed by atoms with van der Waals surface area (Å²) < 4.78 is 2.99. The topological polar surface area (TPSA) is 75.7 Å². The molecule has 3 fully saturated rings. The SMILES string of the molecule is CC12CC1(C(=O)OCC(Cl)(Cl)Cl)N1C(=O)C(NC(=O)Cc3ccccc3)[C@H]1S2. The van der Waals surface area contributed by atoms with Gasteiger partial charge in [-0.25, -0.2) is 4.79 Å². The van der Waals surface area contributed by atoms with E-state index in [-0.39, 0.29) is 30.2 Å². The highest BCUT2D eigenvalue weighted by Crippen LogP contribution is 2.72. The lowest BCUT2D eigenvalue weighted by atomic mass is 10.00. The van der Waals surface area contributed by atoms with Gasteiger partial charge in [0.05, 0.1) is 11.2 Å². The summed E-state index contributed by atoms with van der Waals surface area (Å²) in [6.45, 7) is 1.52. The Morgan fingerprint density at radius 3 is 2.64 bits per heavy atom. The third kappa shape index (κ3) is 3.16. The second kappa shape index (κ2) is 6.69. The molecule has 150 valence electrons. The number of thioether (sulfide) groups is 1. The van der Waals surface area contributed by atoms with E-state index >= 15 is 0 Å². The Balaban J connectivity index is 1.41. The van der Waals surface area contributed by atoms with E-state index in [0.29, 0.717) is 6.42 Å². The highest BCUT2D eigenvalue weighted by molar-refractivity contribution is 8.02. The van der Waals surface area contributed by atoms with Crippen molar-refractivity contribution in [3.05, 3.63) is 35.9 Å². The molecule has 1 aromatic carbocycles. The van der Waals surface area contributed by atoms with Crippen LogP contribution >= 0.6 is 46.6 Å². The van der Waals surface area contributed by atoms with Gasteiger partial charge < -0.3 is 15.0 Å². The number of nitrogens with one attached hydrogen (secondary N) is 1. The first kappa shape index (κ1) is 20.1. The minimum absolute atomic E-state index is 0.190. The Bertz CT molecular complexity index is 849. The van der Waals surface area contributed by atoms with Crippen molar-refractivity contribution in [2.24, 2.45) is 0 Å². The van der Waals surface area contributed by atoms with Gasteiger partial charge in [-0.2, -0.15) is 0 Å². The summed E-state index contributed by atoms with van der Waals surface area (Å²) in [7, 11) is 0. The number of benzene rings is 1. The Kier molecular flexibility index (Phi) is 4.81. The van der Waals surface area contributed by atoms with E-state index in [1.54, 1.807) is 0 Å². The summed E-state index contributed by atoms with van der Waals surface area (Å²) >= 11 is 18.5. The molecule has 6 nitrogen and oxygen atoms in total. The monoisotopic (exact) mass is 462 g/mol. The van der Waals surface area contributed by atoms with Gasteiger partial charge in [0.15, 0.2) is 5.54 Å². The summed E-state index contributed by atoms with van der Waals surface area (Å²) in [4.78, 5) is 39.2. The first-order valence-electron chi connectivity index (χ1n) is 8.66. The van der Waals surface area contributed by atoms with E-state index in [0.717, 1.165) is 5.56 Å². The number of hydrogen-bond acceptors (Lipinski definition) is 5. The zero-order valence-electron chi connectivity index (χ0n) is 14.8. The molecule has 4 atom stereocenters. The average Bonchev–Trinajstić information content (AvgIpc) is 3.15. The molecule has 1 aliphatic carbocycles. The third-order valence-electron chi connectivity index (χ3n) is 5.41. The van der Waals surface area contributed by atoms with Gasteiger partial charge in [-0.1, -0.05) is 65.1 Å². The predicted molar refractivity (Wildman–Crippen MR) is 107 cm³/mol. The van der Waals surface area contributed by atoms with Gasteiger partial charge in [0.1, 0.15) is 18.0 Å². The summed E-state index contributed by atoms with van der Waals surface area (Å²) in [5.41, 5.74) is -0.181. The molecule has 1 N–H and O–H groups in total. The molecule has 0 spiro atoms.